The van der Waals surface area contributed by atoms with Gasteiger partial charge in [-0.05, 0) is 43.0 Å². The Morgan fingerprint density at radius 3 is 2.47 bits per heavy atom. The molecule has 1 heterocycles. The standard InChI is InChI=1S/C13H14F3N/c14-13(15,16)10-3-1-9(2-4-10)12-7-11(12)5-6-17-8-12/h1-4,11,17H,5-8H2/t11-,12-/m1/s1. The molecule has 1 aliphatic heterocycles. The normalized spacial score (nSPS) is 32.1. The molecule has 1 N–H and O–H groups in total. The Morgan fingerprint density at radius 2 is 1.88 bits per heavy atom. The molecule has 0 spiro atoms. The van der Waals surface area contributed by atoms with Crippen molar-refractivity contribution >= 4 is 0 Å². The minimum absolute atomic E-state index is 0.127. The Hall–Kier alpha value is -1.03. The summed E-state index contributed by atoms with van der Waals surface area (Å²) in [5.41, 5.74) is 0.629. The van der Waals surface area contributed by atoms with Gasteiger partial charge in [-0.2, -0.15) is 13.2 Å². The zero-order valence-electron chi connectivity index (χ0n) is 9.35. The highest BCUT2D eigenvalue weighted by molar-refractivity contribution is 5.37. The van der Waals surface area contributed by atoms with Crippen molar-refractivity contribution in [2.24, 2.45) is 5.92 Å². The summed E-state index contributed by atoms with van der Waals surface area (Å²) in [7, 11) is 0. The van der Waals surface area contributed by atoms with E-state index in [1.165, 1.54) is 12.1 Å². The molecule has 0 unspecified atom stereocenters. The summed E-state index contributed by atoms with van der Waals surface area (Å²) in [5, 5.41) is 3.34. The predicted octanol–water partition coefficient (Wildman–Crippen LogP) is 2.96. The number of rotatable bonds is 1. The highest BCUT2D eigenvalue weighted by atomic mass is 19.4. The lowest BCUT2D eigenvalue weighted by Gasteiger charge is -2.23. The molecule has 1 aromatic rings. The molecule has 4 heteroatoms. The van der Waals surface area contributed by atoms with Gasteiger partial charge in [-0.3, -0.25) is 0 Å². The zero-order chi connectivity index (χ0) is 12.1. The van der Waals surface area contributed by atoms with Crippen LogP contribution < -0.4 is 5.32 Å². The van der Waals surface area contributed by atoms with Crippen molar-refractivity contribution in [1.82, 2.24) is 5.32 Å². The van der Waals surface area contributed by atoms with E-state index in [0.717, 1.165) is 31.5 Å². The van der Waals surface area contributed by atoms with E-state index in [4.69, 9.17) is 0 Å². The summed E-state index contributed by atoms with van der Waals surface area (Å²) in [6.45, 7) is 1.94. The topological polar surface area (TPSA) is 12.0 Å². The summed E-state index contributed by atoms with van der Waals surface area (Å²) >= 11 is 0. The monoisotopic (exact) mass is 241 g/mol. The summed E-state index contributed by atoms with van der Waals surface area (Å²) in [6.07, 6.45) is -1.98. The summed E-state index contributed by atoms with van der Waals surface area (Å²) in [6, 6.07) is 5.70. The maximum absolute atomic E-state index is 12.5. The Kier molecular flexibility index (Phi) is 2.27. The van der Waals surface area contributed by atoms with E-state index in [9.17, 15) is 13.2 Å². The first-order valence-electron chi connectivity index (χ1n) is 5.91. The fourth-order valence-electron chi connectivity index (χ4n) is 3.01. The largest absolute Gasteiger partial charge is 0.416 e. The second kappa shape index (κ2) is 3.48. The third kappa shape index (κ3) is 1.75. The number of piperidine rings is 1. The lowest BCUT2D eigenvalue weighted by atomic mass is 9.89. The first-order chi connectivity index (χ1) is 8.02. The SMILES string of the molecule is FC(F)(F)c1ccc([C@@]23CNCC[C@@H]2C3)cc1. The van der Waals surface area contributed by atoms with Crippen molar-refractivity contribution in [2.75, 3.05) is 13.1 Å². The van der Waals surface area contributed by atoms with Crippen LogP contribution in [0.3, 0.4) is 0 Å². The van der Waals surface area contributed by atoms with Crippen LogP contribution in [0.1, 0.15) is 24.0 Å². The average Bonchev–Trinajstić information content (AvgIpc) is 3.03. The maximum atomic E-state index is 12.5. The first-order valence-corrected chi connectivity index (χ1v) is 5.91. The van der Waals surface area contributed by atoms with E-state index in [2.05, 4.69) is 5.32 Å². The molecule has 2 atom stereocenters. The number of benzene rings is 1. The zero-order valence-corrected chi connectivity index (χ0v) is 9.35. The Labute approximate surface area is 98.0 Å². The van der Waals surface area contributed by atoms with E-state index in [1.54, 1.807) is 12.1 Å². The van der Waals surface area contributed by atoms with E-state index in [0.29, 0.717) is 5.92 Å². The van der Waals surface area contributed by atoms with Crippen LogP contribution in [0.5, 0.6) is 0 Å². The van der Waals surface area contributed by atoms with Gasteiger partial charge in [0, 0.05) is 12.0 Å². The van der Waals surface area contributed by atoms with Crippen LogP contribution in [0.15, 0.2) is 24.3 Å². The van der Waals surface area contributed by atoms with Crippen molar-refractivity contribution < 1.29 is 13.2 Å². The molecular weight excluding hydrogens is 227 g/mol. The smallest absolute Gasteiger partial charge is 0.316 e. The molecule has 1 aromatic carbocycles. The molecule has 0 bridgehead atoms. The van der Waals surface area contributed by atoms with Gasteiger partial charge in [0.2, 0.25) is 0 Å². The van der Waals surface area contributed by atoms with E-state index in [-0.39, 0.29) is 5.41 Å². The summed E-state index contributed by atoms with van der Waals surface area (Å²) in [4.78, 5) is 0. The van der Waals surface area contributed by atoms with Crippen LogP contribution in [-0.2, 0) is 11.6 Å². The van der Waals surface area contributed by atoms with E-state index >= 15 is 0 Å². The van der Waals surface area contributed by atoms with Crippen molar-refractivity contribution in [3.05, 3.63) is 35.4 Å². The second-order valence-electron chi connectivity index (χ2n) is 5.10. The van der Waals surface area contributed by atoms with Gasteiger partial charge in [-0.1, -0.05) is 12.1 Å². The molecule has 0 radical (unpaired) electrons. The minimum Gasteiger partial charge on any atom is -0.316 e. The number of hydrogen-bond acceptors (Lipinski definition) is 1. The third-order valence-electron chi connectivity index (χ3n) is 4.13. The maximum Gasteiger partial charge on any atom is 0.416 e. The van der Waals surface area contributed by atoms with Gasteiger partial charge in [-0.25, -0.2) is 0 Å². The van der Waals surface area contributed by atoms with Crippen LogP contribution >= 0.6 is 0 Å². The van der Waals surface area contributed by atoms with Gasteiger partial charge in [-0.15, -0.1) is 0 Å². The van der Waals surface area contributed by atoms with Gasteiger partial charge >= 0.3 is 6.18 Å². The molecule has 0 aromatic heterocycles. The molecule has 17 heavy (non-hydrogen) atoms. The number of fused-ring (bicyclic) bond motifs is 1. The van der Waals surface area contributed by atoms with Gasteiger partial charge in [0.15, 0.2) is 0 Å². The Morgan fingerprint density at radius 1 is 1.18 bits per heavy atom. The van der Waals surface area contributed by atoms with Crippen molar-refractivity contribution in [3.63, 3.8) is 0 Å². The number of alkyl halides is 3. The lowest BCUT2D eigenvalue weighted by molar-refractivity contribution is -0.137. The molecule has 3 rings (SSSR count). The van der Waals surface area contributed by atoms with Gasteiger partial charge in [0.25, 0.3) is 0 Å². The lowest BCUT2D eigenvalue weighted by Crippen LogP contribution is -2.34. The van der Waals surface area contributed by atoms with Gasteiger partial charge in [0.05, 0.1) is 5.56 Å². The number of hydrogen-bond donors (Lipinski definition) is 1. The summed E-state index contributed by atoms with van der Waals surface area (Å²) in [5.74, 6) is 0.667. The van der Waals surface area contributed by atoms with Crippen LogP contribution in [0.25, 0.3) is 0 Å². The number of halogens is 3. The fourth-order valence-corrected chi connectivity index (χ4v) is 3.01. The van der Waals surface area contributed by atoms with E-state index in [1.807, 2.05) is 0 Å². The van der Waals surface area contributed by atoms with Crippen LogP contribution in [0, 0.1) is 5.92 Å². The Balaban J connectivity index is 1.86. The van der Waals surface area contributed by atoms with E-state index < -0.39 is 11.7 Å². The van der Waals surface area contributed by atoms with Crippen LogP contribution in [0.4, 0.5) is 13.2 Å². The molecule has 1 aliphatic carbocycles. The van der Waals surface area contributed by atoms with Crippen molar-refractivity contribution in [1.29, 1.82) is 0 Å². The number of nitrogens with one attached hydrogen (secondary N) is 1. The van der Waals surface area contributed by atoms with Gasteiger partial charge < -0.3 is 5.32 Å². The van der Waals surface area contributed by atoms with Crippen LogP contribution in [-0.4, -0.2) is 13.1 Å². The highest BCUT2D eigenvalue weighted by Crippen LogP contribution is 2.57. The molecule has 1 saturated heterocycles. The molecule has 1 nitrogen and oxygen atoms in total. The average molecular weight is 241 g/mol. The minimum atomic E-state index is -4.23. The fraction of sp³-hybridized carbons (Fsp3) is 0.538. The van der Waals surface area contributed by atoms with Crippen molar-refractivity contribution in [3.8, 4) is 0 Å². The van der Waals surface area contributed by atoms with Crippen molar-refractivity contribution in [2.45, 2.75) is 24.4 Å². The Bertz CT molecular complexity index is 423. The molecule has 2 aliphatic rings. The highest BCUT2D eigenvalue weighted by Gasteiger charge is 2.55. The molecule has 0 amide bonds. The third-order valence-corrected chi connectivity index (χ3v) is 4.13. The summed E-state index contributed by atoms with van der Waals surface area (Å²) < 4.78 is 37.4. The first kappa shape index (κ1) is 11.1. The molecule has 1 saturated carbocycles. The second-order valence-corrected chi connectivity index (χ2v) is 5.10. The molecular formula is C13H14F3N. The predicted molar refractivity (Wildman–Crippen MR) is 58.7 cm³/mol. The van der Waals surface area contributed by atoms with Gasteiger partial charge in [0.1, 0.15) is 0 Å². The molecule has 2 fully saturated rings. The van der Waals surface area contributed by atoms with Crippen LogP contribution in [0.2, 0.25) is 0 Å². The molecule has 92 valence electrons. The quantitative estimate of drug-likeness (QED) is 0.797.